The minimum atomic E-state index is -0.386. The molecule has 0 aliphatic carbocycles. The maximum absolute atomic E-state index is 12.3. The van der Waals surface area contributed by atoms with Gasteiger partial charge in [-0.3, -0.25) is 15.0 Å². The van der Waals surface area contributed by atoms with Crippen LogP contribution in [0.3, 0.4) is 0 Å². The number of nitrogens with one attached hydrogen (secondary N) is 1. The van der Waals surface area contributed by atoms with E-state index in [4.69, 9.17) is 4.74 Å². The Hall–Kier alpha value is -2.34. The summed E-state index contributed by atoms with van der Waals surface area (Å²) in [6.45, 7) is 2.89. The van der Waals surface area contributed by atoms with Gasteiger partial charge >= 0.3 is 0 Å². The van der Waals surface area contributed by atoms with Crippen molar-refractivity contribution in [1.29, 1.82) is 0 Å². The van der Waals surface area contributed by atoms with Gasteiger partial charge in [-0.2, -0.15) is 4.03 Å². The van der Waals surface area contributed by atoms with E-state index in [1.165, 1.54) is 32.1 Å². The highest BCUT2D eigenvalue weighted by Crippen LogP contribution is 2.14. The monoisotopic (exact) mass is 446 g/mol. The Labute approximate surface area is 175 Å². The number of hydrogen-bond donors (Lipinski definition) is 1. The Morgan fingerprint density at radius 1 is 0.893 bits per heavy atom. The van der Waals surface area contributed by atoms with Crippen LogP contribution in [0.25, 0.3) is 0 Å². The molecule has 150 valence electrons. The summed E-state index contributed by atoms with van der Waals surface area (Å²) in [7, 11) is 0. The van der Waals surface area contributed by atoms with Crippen molar-refractivity contribution in [3.05, 3.63) is 65.7 Å². The number of ether oxygens (including phenoxy) is 1. The van der Waals surface area contributed by atoms with E-state index in [1.807, 2.05) is 6.07 Å². The number of benzene rings is 2. The summed E-state index contributed by atoms with van der Waals surface area (Å²) in [5, 5.41) is 0. The van der Waals surface area contributed by atoms with Crippen LogP contribution in [0.2, 0.25) is 0 Å². The molecule has 6 heteroatoms. The number of hydrogen-bond acceptors (Lipinski definition) is 3. The molecule has 0 atom stereocenters. The van der Waals surface area contributed by atoms with Gasteiger partial charge in [-0.05, 0) is 42.8 Å². The summed E-state index contributed by atoms with van der Waals surface area (Å²) >= 11 is 3.08. The highest BCUT2D eigenvalue weighted by molar-refractivity contribution is 9.07. The molecule has 0 fully saturated rings. The molecule has 0 aromatic heterocycles. The van der Waals surface area contributed by atoms with Crippen LogP contribution in [-0.4, -0.2) is 22.5 Å². The highest BCUT2D eigenvalue weighted by Gasteiger charge is 2.16. The number of unbranched alkanes of at least 4 members (excludes halogenated alkanes) is 5. The maximum Gasteiger partial charge on any atom is 0.282 e. The van der Waals surface area contributed by atoms with Crippen molar-refractivity contribution in [2.75, 3.05) is 6.61 Å². The molecule has 2 rings (SSSR count). The lowest BCUT2D eigenvalue weighted by molar-refractivity contribution is 0.0749. The molecular formula is C22H27BrN2O3. The fourth-order valence-corrected chi connectivity index (χ4v) is 3.04. The van der Waals surface area contributed by atoms with Crippen molar-refractivity contribution in [2.24, 2.45) is 0 Å². The molecule has 0 saturated heterocycles. The second-order valence-electron chi connectivity index (χ2n) is 6.53. The Balaban J connectivity index is 1.76. The van der Waals surface area contributed by atoms with Crippen LogP contribution in [-0.2, 0) is 0 Å². The molecular weight excluding hydrogens is 420 g/mol. The minimum absolute atomic E-state index is 0.354. The van der Waals surface area contributed by atoms with Crippen molar-refractivity contribution >= 4 is 28.0 Å². The number of carbonyl (C=O) groups is 2. The van der Waals surface area contributed by atoms with Crippen LogP contribution in [0.5, 0.6) is 5.75 Å². The number of nitrogens with zero attached hydrogens (tertiary/aromatic N) is 1. The second kappa shape index (κ2) is 12.2. The molecule has 0 aliphatic rings. The van der Waals surface area contributed by atoms with Gasteiger partial charge in [-0.1, -0.05) is 57.2 Å². The third-order valence-electron chi connectivity index (χ3n) is 4.28. The quantitative estimate of drug-likeness (QED) is 0.296. The first-order valence-corrected chi connectivity index (χ1v) is 10.4. The standard InChI is InChI=1S/C22H27BrN2O3/c1-2-3-4-5-6-10-17-28-20-15-13-18(14-16-20)21(26)24-25(23)22(27)19-11-8-7-9-12-19/h7-9,11-16H,2-6,10,17H2,1H3,(H,24,26). The lowest BCUT2D eigenvalue weighted by Crippen LogP contribution is -2.39. The average Bonchev–Trinajstić information content (AvgIpc) is 2.73. The first kappa shape index (κ1) is 22.0. The van der Waals surface area contributed by atoms with Gasteiger partial charge in [-0.15, -0.1) is 0 Å². The zero-order valence-electron chi connectivity index (χ0n) is 16.2. The minimum Gasteiger partial charge on any atom is -0.494 e. The average molecular weight is 447 g/mol. The highest BCUT2D eigenvalue weighted by atomic mass is 79.9. The Kier molecular flexibility index (Phi) is 9.55. The summed E-state index contributed by atoms with van der Waals surface area (Å²) < 4.78 is 6.73. The molecule has 0 unspecified atom stereocenters. The summed E-state index contributed by atoms with van der Waals surface area (Å²) in [5.74, 6) is -0.00219. The number of hydrazine groups is 1. The normalized spacial score (nSPS) is 10.4. The zero-order chi connectivity index (χ0) is 20.2. The third kappa shape index (κ3) is 7.35. The smallest absolute Gasteiger partial charge is 0.282 e. The molecule has 28 heavy (non-hydrogen) atoms. The molecule has 0 saturated carbocycles. The summed E-state index contributed by atoms with van der Waals surface area (Å²) in [5.41, 5.74) is 3.42. The molecule has 0 heterocycles. The van der Waals surface area contributed by atoms with Crippen LogP contribution in [0.15, 0.2) is 54.6 Å². The molecule has 0 radical (unpaired) electrons. The molecule has 2 aromatic rings. The van der Waals surface area contributed by atoms with Gasteiger partial charge in [0.1, 0.15) is 5.75 Å². The van der Waals surface area contributed by atoms with E-state index in [2.05, 4.69) is 28.5 Å². The van der Waals surface area contributed by atoms with Gasteiger partial charge in [0.15, 0.2) is 0 Å². The van der Waals surface area contributed by atoms with E-state index in [-0.39, 0.29) is 11.8 Å². The number of halogens is 1. The molecule has 0 bridgehead atoms. The third-order valence-corrected chi connectivity index (χ3v) is 4.78. The van der Waals surface area contributed by atoms with Gasteiger partial charge in [0.05, 0.1) is 22.8 Å². The van der Waals surface area contributed by atoms with E-state index < -0.39 is 0 Å². The SMILES string of the molecule is CCCCCCCCOc1ccc(C(=O)NN(Br)C(=O)c2ccccc2)cc1. The van der Waals surface area contributed by atoms with Gasteiger partial charge in [0.25, 0.3) is 11.8 Å². The molecule has 0 spiro atoms. The Bertz CT molecular complexity index is 735. The maximum atomic E-state index is 12.3. The topological polar surface area (TPSA) is 58.6 Å². The Morgan fingerprint density at radius 2 is 1.54 bits per heavy atom. The van der Waals surface area contributed by atoms with Crippen molar-refractivity contribution in [2.45, 2.75) is 45.4 Å². The van der Waals surface area contributed by atoms with Gasteiger partial charge in [0.2, 0.25) is 0 Å². The first-order chi connectivity index (χ1) is 13.6. The number of carbonyl (C=O) groups excluding carboxylic acids is 2. The van der Waals surface area contributed by atoms with Crippen LogP contribution < -0.4 is 10.2 Å². The van der Waals surface area contributed by atoms with Crippen molar-refractivity contribution in [3.63, 3.8) is 0 Å². The van der Waals surface area contributed by atoms with E-state index in [1.54, 1.807) is 48.5 Å². The van der Waals surface area contributed by atoms with E-state index in [9.17, 15) is 9.59 Å². The molecule has 1 N–H and O–H groups in total. The van der Waals surface area contributed by atoms with Crippen molar-refractivity contribution < 1.29 is 14.3 Å². The predicted molar refractivity (Wildman–Crippen MR) is 114 cm³/mol. The molecule has 0 aliphatic heterocycles. The van der Waals surface area contributed by atoms with Crippen molar-refractivity contribution in [1.82, 2.24) is 9.46 Å². The predicted octanol–water partition coefficient (Wildman–Crippen LogP) is 5.52. The van der Waals surface area contributed by atoms with Crippen LogP contribution >= 0.6 is 16.1 Å². The number of rotatable bonds is 10. The van der Waals surface area contributed by atoms with Crippen LogP contribution in [0.1, 0.15) is 66.2 Å². The second-order valence-corrected chi connectivity index (χ2v) is 7.24. The molecule has 5 nitrogen and oxygen atoms in total. The lowest BCUT2D eigenvalue weighted by Gasteiger charge is -2.15. The number of amides is 2. The summed E-state index contributed by atoms with van der Waals surface area (Å²) in [6, 6.07) is 15.6. The lowest BCUT2D eigenvalue weighted by atomic mass is 10.1. The Morgan fingerprint density at radius 3 is 2.21 bits per heavy atom. The first-order valence-electron chi connectivity index (χ1n) is 9.71. The van der Waals surface area contributed by atoms with Gasteiger partial charge in [-0.25, -0.2) is 0 Å². The van der Waals surface area contributed by atoms with Gasteiger partial charge < -0.3 is 4.74 Å². The fourth-order valence-electron chi connectivity index (χ4n) is 2.67. The molecule has 2 amide bonds. The van der Waals surface area contributed by atoms with Crippen LogP contribution in [0, 0.1) is 0 Å². The van der Waals surface area contributed by atoms with E-state index >= 15 is 0 Å². The van der Waals surface area contributed by atoms with Crippen LogP contribution in [0.4, 0.5) is 0 Å². The van der Waals surface area contributed by atoms with Crippen molar-refractivity contribution in [3.8, 4) is 5.75 Å². The van der Waals surface area contributed by atoms with E-state index in [0.29, 0.717) is 17.7 Å². The van der Waals surface area contributed by atoms with Gasteiger partial charge in [0, 0.05) is 11.1 Å². The largest absolute Gasteiger partial charge is 0.494 e. The van der Waals surface area contributed by atoms with E-state index in [0.717, 1.165) is 16.2 Å². The summed E-state index contributed by atoms with van der Waals surface area (Å²) in [4.78, 5) is 24.6. The summed E-state index contributed by atoms with van der Waals surface area (Å²) in [6.07, 6.45) is 7.30. The molecule has 2 aromatic carbocycles. The zero-order valence-corrected chi connectivity index (χ0v) is 17.8. The fraction of sp³-hybridized carbons (Fsp3) is 0.364.